The zero-order chi connectivity index (χ0) is 17.2. The second-order valence-corrected chi connectivity index (χ2v) is 5.54. The fourth-order valence-corrected chi connectivity index (χ4v) is 2.68. The number of hydrogen-bond donors (Lipinski definition) is 3. The van der Waals surface area contributed by atoms with Crippen molar-refractivity contribution in [3.05, 3.63) is 77.5 Å². The van der Waals surface area contributed by atoms with Gasteiger partial charge in [0.25, 0.3) is 5.56 Å². The Labute approximate surface area is 142 Å². The Morgan fingerprint density at radius 1 is 0.960 bits per heavy atom. The van der Waals surface area contributed by atoms with E-state index in [4.69, 9.17) is 0 Å². The van der Waals surface area contributed by atoms with Crippen molar-refractivity contribution < 1.29 is 5.11 Å². The van der Waals surface area contributed by atoms with E-state index in [2.05, 4.69) is 20.3 Å². The number of H-pyrrole nitrogens is 1. The molecule has 0 unspecified atom stereocenters. The lowest BCUT2D eigenvalue weighted by Gasteiger charge is -2.09. The van der Waals surface area contributed by atoms with Crippen LogP contribution in [-0.4, -0.2) is 20.1 Å². The van der Waals surface area contributed by atoms with E-state index in [0.717, 1.165) is 16.8 Å². The lowest BCUT2D eigenvalue weighted by atomic mass is 10.0. The number of aromatic nitrogens is 3. The number of anilines is 2. The van der Waals surface area contributed by atoms with Gasteiger partial charge in [0.15, 0.2) is 0 Å². The lowest BCUT2D eigenvalue weighted by Crippen LogP contribution is -2.09. The number of hydrogen-bond acceptors (Lipinski definition) is 5. The summed E-state index contributed by atoms with van der Waals surface area (Å²) < 4.78 is 0. The third-order valence-electron chi connectivity index (χ3n) is 3.89. The highest BCUT2D eigenvalue weighted by molar-refractivity contribution is 5.89. The molecule has 0 spiro atoms. The monoisotopic (exact) mass is 330 g/mol. The highest BCUT2D eigenvalue weighted by Gasteiger charge is 2.08. The average Bonchev–Trinajstić information content (AvgIpc) is 2.63. The van der Waals surface area contributed by atoms with Crippen molar-refractivity contribution in [1.82, 2.24) is 15.0 Å². The molecule has 0 radical (unpaired) electrons. The van der Waals surface area contributed by atoms with Gasteiger partial charge in [-0.05, 0) is 41.5 Å². The Kier molecular flexibility index (Phi) is 3.63. The molecule has 0 amide bonds. The molecule has 2 heterocycles. The Balaban J connectivity index is 1.74. The van der Waals surface area contributed by atoms with Crippen molar-refractivity contribution in [1.29, 1.82) is 0 Å². The molecule has 6 nitrogen and oxygen atoms in total. The van der Waals surface area contributed by atoms with Crippen LogP contribution in [0.25, 0.3) is 22.0 Å². The van der Waals surface area contributed by atoms with Crippen LogP contribution < -0.4 is 10.9 Å². The molecular formula is C19H14N4O2. The largest absolute Gasteiger partial charge is 0.508 e. The molecule has 4 aromatic rings. The van der Waals surface area contributed by atoms with E-state index >= 15 is 0 Å². The molecule has 0 aliphatic heterocycles. The van der Waals surface area contributed by atoms with E-state index < -0.39 is 0 Å². The first kappa shape index (κ1) is 14.9. The molecule has 122 valence electrons. The van der Waals surface area contributed by atoms with Gasteiger partial charge in [-0.15, -0.1) is 0 Å². The smallest absolute Gasteiger partial charge is 0.261 e. The summed E-state index contributed by atoms with van der Waals surface area (Å²) in [5, 5.41) is 13.0. The number of pyridine rings is 1. The number of nitrogens with zero attached hydrogens (tertiary/aromatic N) is 2. The third-order valence-corrected chi connectivity index (χ3v) is 3.89. The molecule has 0 aliphatic rings. The van der Waals surface area contributed by atoms with Crippen LogP contribution in [0.15, 0.2) is 71.9 Å². The Bertz CT molecular complexity index is 1100. The van der Waals surface area contributed by atoms with Gasteiger partial charge < -0.3 is 15.4 Å². The summed E-state index contributed by atoms with van der Waals surface area (Å²) in [7, 11) is 0. The van der Waals surface area contributed by atoms with Crippen molar-refractivity contribution in [3.8, 4) is 16.9 Å². The van der Waals surface area contributed by atoms with Crippen molar-refractivity contribution in [2.24, 2.45) is 0 Å². The molecule has 0 saturated heterocycles. The molecule has 0 fully saturated rings. The van der Waals surface area contributed by atoms with Crippen LogP contribution in [0.4, 0.5) is 11.5 Å². The first-order valence-corrected chi connectivity index (χ1v) is 7.69. The van der Waals surface area contributed by atoms with E-state index in [9.17, 15) is 9.90 Å². The predicted molar refractivity (Wildman–Crippen MR) is 97.0 cm³/mol. The summed E-state index contributed by atoms with van der Waals surface area (Å²) in [6.45, 7) is 0. The van der Waals surface area contributed by atoms with Gasteiger partial charge in [-0.1, -0.05) is 24.3 Å². The van der Waals surface area contributed by atoms with Crippen LogP contribution in [0.1, 0.15) is 0 Å². The van der Waals surface area contributed by atoms with Crippen LogP contribution in [0.3, 0.4) is 0 Å². The zero-order valence-electron chi connectivity index (χ0n) is 13.1. The lowest BCUT2D eigenvalue weighted by molar-refractivity contribution is 0.475. The van der Waals surface area contributed by atoms with E-state index in [1.165, 1.54) is 6.33 Å². The van der Waals surface area contributed by atoms with E-state index in [1.807, 2.05) is 36.4 Å². The van der Waals surface area contributed by atoms with Gasteiger partial charge in [-0.2, -0.15) is 0 Å². The fourth-order valence-electron chi connectivity index (χ4n) is 2.68. The van der Waals surface area contributed by atoms with Gasteiger partial charge in [0, 0.05) is 11.9 Å². The molecule has 2 aromatic carbocycles. The number of aromatic hydroxyl groups is 1. The van der Waals surface area contributed by atoms with E-state index in [-0.39, 0.29) is 11.3 Å². The minimum absolute atomic E-state index is 0.227. The normalized spacial score (nSPS) is 10.7. The quantitative estimate of drug-likeness (QED) is 0.535. The Hall–Kier alpha value is -3.67. The summed E-state index contributed by atoms with van der Waals surface area (Å²) in [5.74, 6) is 0.680. The van der Waals surface area contributed by atoms with E-state index in [1.54, 1.807) is 24.4 Å². The maximum Gasteiger partial charge on any atom is 0.261 e. The Morgan fingerprint density at radius 2 is 1.80 bits per heavy atom. The third kappa shape index (κ3) is 2.92. The molecule has 2 aromatic heterocycles. The van der Waals surface area contributed by atoms with Gasteiger partial charge >= 0.3 is 0 Å². The van der Waals surface area contributed by atoms with Crippen LogP contribution in [0.2, 0.25) is 0 Å². The maximum absolute atomic E-state index is 12.1. The van der Waals surface area contributed by atoms with Crippen LogP contribution in [0.5, 0.6) is 5.75 Å². The molecule has 0 saturated carbocycles. The summed E-state index contributed by atoms with van der Waals surface area (Å²) in [4.78, 5) is 23.1. The molecule has 3 N–H and O–H groups in total. The standard InChI is InChI=1S/C19H14N4O2/c24-15-6-4-12(5-7-15)13-2-1-3-14(10-13)23-18-17-16(21-11-22-18)8-9-20-19(17)25/h1-11,24H,(H,20,25)(H,21,22,23). The van der Waals surface area contributed by atoms with Gasteiger partial charge in [0.2, 0.25) is 0 Å². The SMILES string of the molecule is O=c1[nH]ccc2ncnc(Nc3cccc(-c4ccc(O)cc4)c3)c12. The fraction of sp³-hybridized carbons (Fsp3) is 0. The number of phenolic OH excluding ortho intramolecular Hbond substituents is 1. The van der Waals surface area contributed by atoms with Crippen LogP contribution in [-0.2, 0) is 0 Å². The highest BCUT2D eigenvalue weighted by atomic mass is 16.3. The summed E-state index contributed by atoms with van der Waals surface area (Å²) >= 11 is 0. The Morgan fingerprint density at radius 3 is 2.64 bits per heavy atom. The molecule has 0 bridgehead atoms. The second-order valence-electron chi connectivity index (χ2n) is 5.54. The van der Waals surface area contributed by atoms with E-state index in [0.29, 0.717) is 16.7 Å². The zero-order valence-corrected chi connectivity index (χ0v) is 13.1. The van der Waals surface area contributed by atoms with Crippen molar-refractivity contribution >= 4 is 22.4 Å². The van der Waals surface area contributed by atoms with Gasteiger partial charge in [0.1, 0.15) is 23.3 Å². The van der Waals surface area contributed by atoms with Gasteiger partial charge in [-0.3, -0.25) is 4.79 Å². The van der Waals surface area contributed by atoms with Crippen LogP contribution in [0, 0.1) is 0 Å². The van der Waals surface area contributed by atoms with Crippen molar-refractivity contribution in [2.75, 3.05) is 5.32 Å². The average molecular weight is 330 g/mol. The number of nitrogens with one attached hydrogen (secondary N) is 2. The topological polar surface area (TPSA) is 90.9 Å². The molecule has 0 atom stereocenters. The number of benzene rings is 2. The van der Waals surface area contributed by atoms with Gasteiger partial charge in [0.05, 0.1) is 5.52 Å². The first-order chi connectivity index (χ1) is 12.2. The molecule has 25 heavy (non-hydrogen) atoms. The van der Waals surface area contributed by atoms with Crippen LogP contribution >= 0.6 is 0 Å². The summed E-state index contributed by atoms with van der Waals surface area (Å²) in [5.41, 5.74) is 3.10. The van der Waals surface area contributed by atoms with Crippen molar-refractivity contribution in [2.45, 2.75) is 0 Å². The minimum Gasteiger partial charge on any atom is -0.508 e. The molecule has 4 rings (SSSR count). The maximum atomic E-state index is 12.1. The molecule has 0 aliphatic carbocycles. The van der Waals surface area contributed by atoms with Crippen molar-refractivity contribution in [3.63, 3.8) is 0 Å². The molecule has 6 heteroatoms. The van der Waals surface area contributed by atoms with Gasteiger partial charge in [-0.25, -0.2) is 9.97 Å². The summed E-state index contributed by atoms with van der Waals surface area (Å²) in [6.07, 6.45) is 2.99. The number of rotatable bonds is 3. The number of fused-ring (bicyclic) bond motifs is 1. The first-order valence-electron chi connectivity index (χ1n) is 7.69. The minimum atomic E-state index is -0.240. The highest BCUT2D eigenvalue weighted by Crippen LogP contribution is 2.26. The number of aromatic amines is 1. The predicted octanol–water partition coefficient (Wildman–Crippen LogP) is 3.43. The molecular weight excluding hydrogens is 316 g/mol. The summed E-state index contributed by atoms with van der Waals surface area (Å²) in [6, 6.07) is 16.5. The number of phenols is 1. The second kappa shape index (κ2) is 6.09.